The van der Waals surface area contributed by atoms with E-state index >= 15 is 0 Å². The van der Waals surface area contributed by atoms with E-state index in [-0.39, 0.29) is 17.6 Å². The summed E-state index contributed by atoms with van der Waals surface area (Å²) in [4.78, 5) is 15.0. The summed E-state index contributed by atoms with van der Waals surface area (Å²) in [6.07, 6.45) is 2.44. The van der Waals surface area contributed by atoms with Crippen LogP contribution in [0, 0.1) is 17.2 Å². The number of aromatic nitrogens is 1. The monoisotopic (exact) mass is 379 g/mol. The summed E-state index contributed by atoms with van der Waals surface area (Å²) in [5.74, 6) is 0.0677. The van der Waals surface area contributed by atoms with Crippen molar-refractivity contribution in [1.82, 2.24) is 4.98 Å². The number of carbonyl (C=O) groups excluding carboxylic acids is 1. The summed E-state index contributed by atoms with van der Waals surface area (Å²) in [5, 5.41) is 23.4. The number of phenols is 1. The molecule has 0 fully saturated rings. The van der Waals surface area contributed by atoms with E-state index < -0.39 is 0 Å². The number of hydrogen-bond acceptors (Lipinski definition) is 5. The maximum Gasteiger partial charge on any atom is 0.228 e. The summed E-state index contributed by atoms with van der Waals surface area (Å²) in [6.45, 7) is 3.70. The maximum absolute atomic E-state index is 11.1. The number of nitrogens with zero attached hydrogens (tertiary/aromatic N) is 2. The number of hydrogen-bond donors (Lipinski definition) is 2. The summed E-state index contributed by atoms with van der Waals surface area (Å²) in [6, 6.07) is 17.1. The van der Waals surface area contributed by atoms with Gasteiger partial charge in [0.15, 0.2) is 5.13 Å². The van der Waals surface area contributed by atoms with Gasteiger partial charge in [0.1, 0.15) is 11.8 Å². The second-order valence-corrected chi connectivity index (χ2v) is 7.00. The molecule has 0 saturated heterocycles. The minimum absolute atomic E-state index is 0.0129. The molecule has 3 aromatic rings. The Hall–Kier alpha value is -3.17. The van der Waals surface area contributed by atoms with Crippen molar-refractivity contribution in [3.63, 3.8) is 0 Å². The molecule has 0 atom stereocenters. The molecule has 0 radical (unpaired) electrons. The number of nitrogens with one attached hydrogen (secondary N) is 1. The van der Waals surface area contributed by atoms with Crippen LogP contribution in [0.1, 0.15) is 30.5 Å². The van der Waals surface area contributed by atoms with Gasteiger partial charge in [-0.3, -0.25) is 4.79 Å². The Kier molecular flexibility index (Phi) is 7.53. The van der Waals surface area contributed by atoms with E-state index in [0.29, 0.717) is 10.7 Å². The summed E-state index contributed by atoms with van der Waals surface area (Å²) in [5.41, 5.74) is 2.55. The van der Waals surface area contributed by atoms with Gasteiger partial charge in [0.2, 0.25) is 5.91 Å². The molecule has 138 valence electrons. The Morgan fingerprint density at radius 1 is 1.22 bits per heavy atom. The second kappa shape index (κ2) is 10.1. The normalized spacial score (nSPS) is 9.85. The van der Waals surface area contributed by atoms with Crippen molar-refractivity contribution in [3.8, 4) is 11.8 Å². The molecule has 0 spiro atoms. The molecule has 2 N–H and O–H groups in total. The molecule has 2 aromatic carbocycles. The van der Waals surface area contributed by atoms with Crippen molar-refractivity contribution >= 4 is 22.4 Å². The first-order valence-electron chi connectivity index (χ1n) is 8.46. The van der Waals surface area contributed by atoms with Crippen molar-refractivity contribution in [2.45, 2.75) is 20.3 Å². The van der Waals surface area contributed by atoms with E-state index in [2.05, 4.69) is 10.3 Å². The van der Waals surface area contributed by atoms with Gasteiger partial charge in [-0.25, -0.2) is 4.98 Å². The molecule has 3 rings (SSSR count). The molecule has 1 aromatic heterocycles. The van der Waals surface area contributed by atoms with Gasteiger partial charge >= 0.3 is 0 Å². The van der Waals surface area contributed by atoms with E-state index in [1.165, 1.54) is 16.9 Å². The van der Waals surface area contributed by atoms with Gasteiger partial charge in [0, 0.05) is 17.5 Å². The summed E-state index contributed by atoms with van der Waals surface area (Å²) >= 11 is 1.43. The lowest BCUT2D eigenvalue weighted by Crippen LogP contribution is -2.17. The third-order valence-electron chi connectivity index (χ3n) is 3.62. The SMILES string of the molecule is CC(C)C(=O)Nc1nccs1.N#Cc1cc(Cc2ccccc2)ccc1O. The number of nitriles is 1. The number of aromatic hydroxyl groups is 1. The molecular weight excluding hydrogens is 358 g/mol. The van der Waals surface area contributed by atoms with Crippen LogP contribution in [0.2, 0.25) is 0 Å². The lowest BCUT2D eigenvalue weighted by atomic mass is 10.0. The molecule has 5 nitrogen and oxygen atoms in total. The zero-order chi connectivity index (χ0) is 19.6. The van der Waals surface area contributed by atoms with E-state index in [4.69, 9.17) is 5.26 Å². The number of carbonyl (C=O) groups is 1. The molecule has 0 bridgehead atoms. The largest absolute Gasteiger partial charge is 0.507 e. The predicted octanol–water partition coefficient (Wildman–Crippen LogP) is 4.59. The fourth-order valence-corrected chi connectivity index (χ4v) is 2.68. The fourth-order valence-electron chi connectivity index (χ4n) is 2.15. The van der Waals surface area contributed by atoms with E-state index in [9.17, 15) is 9.90 Å². The highest BCUT2D eigenvalue weighted by Crippen LogP contribution is 2.19. The second-order valence-electron chi connectivity index (χ2n) is 6.11. The molecule has 1 heterocycles. The van der Waals surface area contributed by atoms with Gasteiger partial charge in [-0.2, -0.15) is 5.26 Å². The third kappa shape index (κ3) is 6.57. The topological polar surface area (TPSA) is 86.0 Å². The van der Waals surface area contributed by atoms with E-state index in [1.807, 2.05) is 61.7 Å². The molecule has 0 unspecified atom stereocenters. The Morgan fingerprint density at radius 3 is 2.56 bits per heavy atom. The minimum Gasteiger partial charge on any atom is -0.507 e. The quantitative estimate of drug-likeness (QED) is 0.694. The van der Waals surface area contributed by atoms with Gasteiger partial charge in [0.25, 0.3) is 0 Å². The van der Waals surface area contributed by atoms with E-state index in [0.717, 1.165) is 12.0 Å². The van der Waals surface area contributed by atoms with Crippen LogP contribution in [-0.2, 0) is 11.2 Å². The Labute approximate surface area is 162 Å². The molecule has 0 saturated carbocycles. The Balaban J connectivity index is 0.000000208. The standard InChI is InChI=1S/C14H11NO.C7H10N2OS/c15-10-13-9-12(6-7-14(13)16)8-11-4-2-1-3-5-11;1-5(2)6(10)9-7-8-3-4-11-7/h1-7,9,16H,8H2;3-5H,1-2H3,(H,8,9,10). The average Bonchev–Trinajstić information content (AvgIpc) is 3.17. The first-order valence-corrected chi connectivity index (χ1v) is 9.34. The van der Waals surface area contributed by atoms with Crippen LogP contribution in [0.15, 0.2) is 60.1 Å². The van der Waals surface area contributed by atoms with Gasteiger partial charge < -0.3 is 10.4 Å². The number of rotatable bonds is 4. The average molecular weight is 379 g/mol. The van der Waals surface area contributed by atoms with Crippen molar-refractivity contribution in [1.29, 1.82) is 5.26 Å². The first kappa shape index (κ1) is 20.1. The number of benzene rings is 2. The van der Waals surface area contributed by atoms with Gasteiger partial charge in [-0.05, 0) is 29.7 Å². The van der Waals surface area contributed by atoms with E-state index in [1.54, 1.807) is 18.3 Å². The van der Waals surface area contributed by atoms with Gasteiger partial charge in [-0.15, -0.1) is 11.3 Å². The molecule has 1 amide bonds. The Morgan fingerprint density at radius 2 is 1.96 bits per heavy atom. The van der Waals surface area contributed by atoms with Crippen LogP contribution in [-0.4, -0.2) is 16.0 Å². The van der Waals surface area contributed by atoms with Crippen LogP contribution in [0.4, 0.5) is 5.13 Å². The van der Waals surface area contributed by atoms with Crippen LogP contribution in [0.3, 0.4) is 0 Å². The highest BCUT2D eigenvalue weighted by molar-refractivity contribution is 7.13. The molecule has 0 aliphatic carbocycles. The van der Waals surface area contributed by atoms with Crippen LogP contribution < -0.4 is 5.32 Å². The van der Waals surface area contributed by atoms with Gasteiger partial charge in [0.05, 0.1) is 5.56 Å². The Bertz CT molecular complexity index is 901. The number of anilines is 1. The van der Waals surface area contributed by atoms with Crippen molar-refractivity contribution in [3.05, 3.63) is 76.8 Å². The zero-order valence-electron chi connectivity index (χ0n) is 15.2. The minimum atomic E-state index is 0.0129. The maximum atomic E-state index is 11.1. The van der Waals surface area contributed by atoms with Crippen LogP contribution in [0.5, 0.6) is 5.75 Å². The number of phenolic OH excluding ortho intramolecular Hbond substituents is 1. The molecule has 0 aliphatic rings. The lowest BCUT2D eigenvalue weighted by molar-refractivity contribution is -0.118. The lowest BCUT2D eigenvalue weighted by Gasteiger charge is -2.03. The van der Waals surface area contributed by atoms with Crippen LogP contribution >= 0.6 is 11.3 Å². The van der Waals surface area contributed by atoms with Crippen molar-refractivity contribution < 1.29 is 9.90 Å². The fraction of sp³-hybridized carbons (Fsp3) is 0.190. The summed E-state index contributed by atoms with van der Waals surface area (Å²) in [7, 11) is 0. The van der Waals surface area contributed by atoms with Crippen molar-refractivity contribution in [2.75, 3.05) is 5.32 Å². The summed E-state index contributed by atoms with van der Waals surface area (Å²) < 4.78 is 0. The predicted molar refractivity (Wildman–Crippen MR) is 108 cm³/mol. The molecule has 27 heavy (non-hydrogen) atoms. The highest BCUT2D eigenvalue weighted by Gasteiger charge is 2.07. The van der Waals surface area contributed by atoms with Crippen LogP contribution in [0.25, 0.3) is 0 Å². The molecule has 0 aliphatic heterocycles. The number of amides is 1. The third-order valence-corrected chi connectivity index (χ3v) is 4.31. The van der Waals surface area contributed by atoms with Gasteiger partial charge in [-0.1, -0.05) is 50.2 Å². The molecular formula is C21H21N3O2S. The highest BCUT2D eigenvalue weighted by atomic mass is 32.1. The zero-order valence-corrected chi connectivity index (χ0v) is 16.0. The number of thiazole rings is 1. The van der Waals surface area contributed by atoms with Crippen molar-refractivity contribution in [2.24, 2.45) is 5.92 Å². The smallest absolute Gasteiger partial charge is 0.228 e. The first-order chi connectivity index (χ1) is 13.0. The molecule has 6 heteroatoms.